The van der Waals surface area contributed by atoms with E-state index in [0.717, 1.165) is 29.6 Å². The van der Waals surface area contributed by atoms with Gasteiger partial charge >= 0.3 is 12.3 Å². The number of halogens is 3. The van der Waals surface area contributed by atoms with Crippen LogP contribution in [-0.2, 0) is 12.7 Å². The number of likely N-dealkylation sites (tertiary alicyclic amines) is 1. The molecule has 2 amide bonds. The van der Waals surface area contributed by atoms with Crippen LogP contribution >= 0.6 is 0 Å². The molecule has 2 unspecified atom stereocenters. The van der Waals surface area contributed by atoms with Crippen molar-refractivity contribution in [2.75, 3.05) is 19.0 Å². The molecule has 14 heteroatoms. The topological polar surface area (TPSA) is 132 Å². The van der Waals surface area contributed by atoms with Crippen molar-refractivity contribution in [3.05, 3.63) is 102 Å². The van der Waals surface area contributed by atoms with E-state index < -0.39 is 29.2 Å². The Labute approximate surface area is 292 Å². The third-order valence-electron chi connectivity index (χ3n) is 8.90. The lowest BCUT2D eigenvalue weighted by atomic mass is 9.72. The first-order valence-corrected chi connectivity index (χ1v) is 16.3. The zero-order valence-electron chi connectivity index (χ0n) is 28.4. The summed E-state index contributed by atoms with van der Waals surface area (Å²) in [6, 6.07) is 16.7. The molecule has 0 aliphatic carbocycles. The number of nitrogens with zero attached hydrogens (tertiary/aromatic N) is 5. The van der Waals surface area contributed by atoms with Crippen LogP contribution in [0, 0.1) is 5.41 Å². The minimum absolute atomic E-state index is 0.179. The van der Waals surface area contributed by atoms with Crippen molar-refractivity contribution < 1.29 is 37.3 Å². The lowest BCUT2D eigenvalue weighted by Gasteiger charge is -2.46. The summed E-state index contributed by atoms with van der Waals surface area (Å²) >= 11 is 0. The number of hydrogen-bond acceptors (Lipinski definition) is 7. The van der Waals surface area contributed by atoms with E-state index in [1.165, 1.54) is 17.0 Å². The first kappa shape index (κ1) is 35.2. The van der Waals surface area contributed by atoms with E-state index in [0.29, 0.717) is 54.2 Å². The van der Waals surface area contributed by atoms with Gasteiger partial charge in [-0.05, 0) is 78.4 Å². The summed E-state index contributed by atoms with van der Waals surface area (Å²) in [6.45, 7) is 6.89. The Morgan fingerprint density at radius 3 is 2.29 bits per heavy atom. The van der Waals surface area contributed by atoms with Gasteiger partial charge in [0, 0.05) is 36.5 Å². The van der Waals surface area contributed by atoms with Crippen LogP contribution in [0.5, 0.6) is 17.2 Å². The normalized spacial score (nSPS) is 16.6. The maximum absolute atomic E-state index is 13.1. The smallest absolute Gasteiger partial charge is 0.416 e. The van der Waals surface area contributed by atoms with Crippen molar-refractivity contribution >= 4 is 28.9 Å². The van der Waals surface area contributed by atoms with Gasteiger partial charge in [0.05, 0.1) is 30.3 Å². The highest BCUT2D eigenvalue weighted by Gasteiger charge is 2.44. The third kappa shape index (κ3) is 7.59. The molecule has 0 radical (unpaired) electrons. The van der Waals surface area contributed by atoms with Crippen molar-refractivity contribution in [1.82, 2.24) is 24.6 Å². The Kier molecular flexibility index (Phi) is 9.60. The fraction of sp³-hybridized carbons (Fsp3) is 0.324. The standard InChI is InChI=1S/C37H37F3N6O5/c1-36(2,3)32-27(6-5-19-45(32)35(48)49)31-30-28(16-18-42-33(30)46(44-31)21-22-7-11-25(50-4)12-8-22)51-26-13-9-23(10-14-26)34(47)43-29-20-24(15-17-41-29)37(38,39)40/h7-18,20,27,32H,5-6,19,21H2,1-4H3,(H,48,49)(H,41,43,47). The van der Waals surface area contributed by atoms with E-state index in [1.807, 2.05) is 45.0 Å². The number of amides is 2. The van der Waals surface area contributed by atoms with Gasteiger partial charge in [-0.2, -0.15) is 18.3 Å². The molecule has 0 spiro atoms. The van der Waals surface area contributed by atoms with E-state index in [-0.39, 0.29) is 23.3 Å². The van der Waals surface area contributed by atoms with Gasteiger partial charge in [0.15, 0.2) is 5.65 Å². The lowest BCUT2D eigenvalue weighted by molar-refractivity contribution is -0.137. The number of aromatic nitrogens is 4. The van der Waals surface area contributed by atoms with Crippen LogP contribution in [0.3, 0.4) is 0 Å². The second-order valence-corrected chi connectivity index (χ2v) is 13.4. The molecule has 11 nitrogen and oxygen atoms in total. The zero-order chi connectivity index (χ0) is 36.5. The number of carboxylic acid groups (broad SMARTS) is 1. The average Bonchev–Trinajstić information content (AvgIpc) is 3.46. The predicted octanol–water partition coefficient (Wildman–Crippen LogP) is 8.22. The molecule has 0 bridgehead atoms. The summed E-state index contributed by atoms with van der Waals surface area (Å²) in [7, 11) is 1.60. The Bertz CT molecular complexity index is 2040. The van der Waals surface area contributed by atoms with Gasteiger partial charge in [0.25, 0.3) is 5.91 Å². The Hall–Kier alpha value is -5.66. The fourth-order valence-corrected chi connectivity index (χ4v) is 6.69. The number of hydrogen-bond donors (Lipinski definition) is 2. The summed E-state index contributed by atoms with van der Waals surface area (Å²) in [4.78, 5) is 35.4. The number of fused-ring (bicyclic) bond motifs is 1. The molecule has 51 heavy (non-hydrogen) atoms. The number of pyridine rings is 2. The number of anilines is 1. The van der Waals surface area contributed by atoms with Gasteiger partial charge in [-0.15, -0.1) is 0 Å². The number of carbonyl (C=O) groups excluding carboxylic acids is 1. The Balaban J connectivity index is 1.35. The Morgan fingerprint density at radius 1 is 0.961 bits per heavy atom. The quantitative estimate of drug-likeness (QED) is 0.165. The number of nitrogens with one attached hydrogen (secondary N) is 1. The van der Waals surface area contributed by atoms with Crippen molar-refractivity contribution in [2.24, 2.45) is 5.41 Å². The number of carbonyl (C=O) groups is 2. The van der Waals surface area contributed by atoms with Crippen LogP contribution in [-0.4, -0.2) is 61.5 Å². The molecule has 266 valence electrons. The van der Waals surface area contributed by atoms with E-state index in [2.05, 4.69) is 10.3 Å². The summed E-state index contributed by atoms with van der Waals surface area (Å²) < 4.78 is 52.9. The van der Waals surface area contributed by atoms with Gasteiger partial charge in [-0.1, -0.05) is 32.9 Å². The van der Waals surface area contributed by atoms with E-state index in [1.54, 1.807) is 36.2 Å². The van der Waals surface area contributed by atoms with E-state index >= 15 is 0 Å². The second-order valence-electron chi connectivity index (χ2n) is 13.4. The molecule has 1 aliphatic heterocycles. The molecular weight excluding hydrogens is 665 g/mol. The first-order valence-electron chi connectivity index (χ1n) is 16.3. The van der Waals surface area contributed by atoms with Crippen LogP contribution < -0.4 is 14.8 Å². The molecule has 1 aliphatic rings. The molecule has 3 aromatic heterocycles. The third-order valence-corrected chi connectivity index (χ3v) is 8.90. The number of ether oxygens (including phenoxy) is 2. The maximum Gasteiger partial charge on any atom is 0.416 e. The molecule has 1 fully saturated rings. The predicted molar refractivity (Wildman–Crippen MR) is 183 cm³/mol. The zero-order valence-corrected chi connectivity index (χ0v) is 28.4. The lowest BCUT2D eigenvalue weighted by Crippen LogP contribution is -2.53. The monoisotopic (exact) mass is 702 g/mol. The van der Waals surface area contributed by atoms with Gasteiger partial charge in [-0.3, -0.25) is 4.79 Å². The first-order chi connectivity index (χ1) is 24.2. The van der Waals surface area contributed by atoms with Crippen LogP contribution in [0.25, 0.3) is 11.0 Å². The number of benzene rings is 2. The molecule has 5 aromatic rings. The average molecular weight is 703 g/mol. The molecule has 6 rings (SSSR count). The van der Waals surface area contributed by atoms with Crippen molar-refractivity contribution in [3.63, 3.8) is 0 Å². The van der Waals surface area contributed by atoms with Gasteiger partial charge < -0.3 is 24.8 Å². The fourth-order valence-electron chi connectivity index (χ4n) is 6.69. The van der Waals surface area contributed by atoms with Crippen LogP contribution in [0.15, 0.2) is 79.1 Å². The van der Waals surface area contributed by atoms with Crippen molar-refractivity contribution in [1.29, 1.82) is 0 Å². The van der Waals surface area contributed by atoms with Crippen LogP contribution in [0.4, 0.5) is 23.8 Å². The van der Waals surface area contributed by atoms with Crippen LogP contribution in [0.1, 0.15) is 66.7 Å². The molecule has 2 atom stereocenters. The van der Waals surface area contributed by atoms with E-state index in [4.69, 9.17) is 19.6 Å². The van der Waals surface area contributed by atoms with Gasteiger partial charge in [0.1, 0.15) is 23.1 Å². The summed E-state index contributed by atoms with van der Waals surface area (Å²) in [6.07, 6.45) is -1.60. The molecule has 0 saturated carbocycles. The minimum atomic E-state index is -4.58. The highest BCUT2D eigenvalue weighted by Crippen LogP contribution is 2.45. The van der Waals surface area contributed by atoms with Crippen LogP contribution in [0.2, 0.25) is 0 Å². The number of alkyl halides is 3. The molecule has 4 heterocycles. The maximum atomic E-state index is 13.1. The molecular formula is C37H37F3N6O5. The van der Waals surface area contributed by atoms with Crippen molar-refractivity contribution in [3.8, 4) is 17.2 Å². The van der Waals surface area contributed by atoms with Crippen molar-refractivity contribution in [2.45, 2.75) is 58.3 Å². The highest BCUT2D eigenvalue weighted by molar-refractivity contribution is 6.03. The highest BCUT2D eigenvalue weighted by atomic mass is 19.4. The molecule has 2 N–H and O–H groups in total. The molecule has 1 saturated heterocycles. The summed E-state index contributed by atoms with van der Waals surface area (Å²) in [5.74, 6) is 0.409. The summed E-state index contributed by atoms with van der Waals surface area (Å²) in [5.41, 5.74) is 1.03. The Morgan fingerprint density at radius 2 is 1.65 bits per heavy atom. The largest absolute Gasteiger partial charge is 0.497 e. The van der Waals surface area contributed by atoms with Gasteiger partial charge in [-0.25, -0.2) is 19.4 Å². The van der Waals surface area contributed by atoms with E-state index in [9.17, 15) is 27.9 Å². The molecule has 2 aromatic carbocycles. The second kappa shape index (κ2) is 13.9. The van der Waals surface area contributed by atoms with Gasteiger partial charge in [0.2, 0.25) is 0 Å². The summed E-state index contributed by atoms with van der Waals surface area (Å²) in [5, 5.41) is 18.4. The number of piperidine rings is 1. The number of rotatable bonds is 8. The number of methoxy groups -OCH3 is 1. The SMILES string of the molecule is COc1ccc(Cn2nc(C3CCCN(C(=O)O)C3C(C)(C)C)c3c(Oc4ccc(C(=O)Nc5cc(C(F)(F)F)ccn5)cc4)ccnc32)cc1. The minimum Gasteiger partial charge on any atom is -0.497 e.